The molecular formula is C16H18N4O2. The van der Waals surface area contributed by atoms with E-state index in [1.54, 1.807) is 39.3 Å². The van der Waals surface area contributed by atoms with Crippen LogP contribution in [0.25, 0.3) is 17.0 Å². The van der Waals surface area contributed by atoms with Gasteiger partial charge in [0, 0.05) is 17.8 Å². The number of aliphatic hydroxyl groups is 1. The van der Waals surface area contributed by atoms with Crippen molar-refractivity contribution in [2.45, 2.75) is 19.4 Å². The Balaban J connectivity index is 2.26. The number of methoxy groups -OCH3 is 1. The van der Waals surface area contributed by atoms with E-state index in [1.807, 2.05) is 22.7 Å². The first kappa shape index (κ1) is 14.3. The molecule has 0 fully saturated rings. The number of hydrogen-bond acceptors (Lipinski definition) is 5. The summed E-state index contributed by atoms with van der Waals surface area (Å²) < 4.78 is 7.24. The third kappa shape index (κ3) is 2.37. The number of pyridine rings is 2. The smallest absolute Gasteiger partial charge is 0.140 e. The number of aromatic nitrogens is 3. The van der Waals surface area contributed by atoms with Crippen LogP contribution in [0, 0.1) is 0 Å². The van der Waals surface area contributed by atoms with Crippen molar-refractivity contribution in [1.29, 1.82) is 0 Å². The molecular weight excluding hydrogens is 280 g/mol. The first-order valence-electron chi connectivity index (χ1n) is 6.91. The van der Waals surface area contributed by atoms with Gasteiger partial charge in [-0.25, -0.2) is 9.97 Å². The van der Waals surface area contributed by atoms with Crippen molar-refractivity contribution in [3.8, 4) is 17.1 Å². The minimum Gasteiger partial charge on any atom is -0.496 e. The van der Waals surface area contributed by atoms with E-state index in [0.717, 1.165) is 11.4 Å². The second-order valence-corrected chi connectivity index (χ2v) is 5.63. The Kier molecular flexibility index (Phi) is 3.26. The molecule has 0 amide bonds. The molecule has 22 heavy (non-hydrogen) atoms. The number of rotatable bonds is 3. The third-order valence-electron chi connectivity index (χ3n) is 3.52. The van der Waals surface area contributed by atoms with Crippen molar-refractivity contribution in [2.75, 3.05) is 12.8 Å². The van der Waals surface area contributed by atoms with Gasteiger partial charge in [-0.1, -0.05) is 6.07 Å². The lowest BCUT2D eigenvalue weighted by atomic mass is 9.99. The maximum atomic E-state index is 10.4. The van der Waals surface area contributed by atoms with Crippen LogP contribution >= 0.6 is 0 Å². The lowest BCUT2D eigenvalue weighted by Gasteiger charge is -2.21. The zero-order chi connectivity index (χ0) is 15.9. The van der Waals surface area contributed by atoms with Gasteiger partial charge in [-0.15, -0.1) is 0 Å². The Morgan fingerprint density at radius 2 is 2.09 bits per heavy atom. The SMILES string of the molecule is COc1cc2ncc(-c3cccc(N)n3)n2cc1C(C)(C)O. The molecule has 3 heterocycles. The first-order chi connectivity index (χ1) is 10.4. The Bertz CT molecular complexity index is 834. The highest BCUT2D eigenvalue weighted by molar-refractivity contribution is 5.63. The Labute approximate surface area is 128 Å². The fraction of sp³-hybridized carbons (Fsp3) is 0.250. The fourth-order valence-electron chi connectivity index (χ4n) is 2.42. The molecule has 0 bridgehead atoms. The summed E-state index contributed by atoms with van der Waals surface area (Å²) in [6, 6.07) is 7.24. The molecule has 0 aliphatic carbocycles. The van der Waals surface area contributed by atoms with E-state index in [-0.39, 0.29) is 0 Å². The Hall–Kier alpha value is -2.60. The zero-order valence-electron chi connectivity index (χ0n) is 12.7. The number of hydrogen-bond donors (Lipinski definition) is 2. The van der Waals surface area contributed by atoms with E-state index in [2.05, 4.69) is 9.97 Å². The van der Waals surface area contributed by atoms with E-state index in [0.29, 0.717) is 22.8 Å². The van der Waals surface area contributed by atoms with Gasteiger partial charge in [0.05, 0.1) is 30.3 Å². The molecule has 0 saturated carbocycles. The predicted molar refractivity (Wildman–Crippen MR) is 84.6 cm³/mol. The summed E-state index contributed by atoms with van der Waals surface area (Å²) in [6.45, 7) is 3.43. The predicted octanol–water partition coefficient (Wildman–Crippen LogP) is 2.21. The number of fused-ring (bicyclic) bond motifs is 1. The quantitative estimate of drug-likeness (QED) is 0.774. The molecule has 0 saturated heterocycles. The molecule has 6 nitrogen and oxygen atoms in total. The monoisotopic (exact) mass is 298 g/mol. The van der Waals surface area contributed by atoms with Crippen LogP contribution in [0.1, 0.15) is 19.4 Å². The van der Waals surface area contributed by atoms with E-state index in [9.17, 15) is 5.11 Å². The maximum absolute atomic E-state index is 10.4. The van der Waals surface area contributed by atoms with Crippen molar-refractivity contribution >= 4 is 11.5 Å². The first-order valence-corrected chi connectivity index (χ1v) is 6.91. The Morgan fingerprint density at radius 1 is 1.32 bits per heavy atom. The van der Waals surface area contributed by atoms with Crippen LogP contribution in [-0.2, 0) is 5.60 Å². The van der Waals surface area contributed by atoms with Crippen LogP contribution in [0.4, 0.5) is 5.82 Å². The molecule has 3 N–H and O–H groups in total. The van der Waals surface area contributed by atoms with Gasteiger partial charge in [0.1, 0.15) is 17.2 Å². The summed E-state index contributed by atoms with van der Waals surface area (Å²) in [5, 5.41) is 10.4. The number of imidazole rings is 1. The van der Waals surface area contributed by atoms with Gasteiger partial charge >= 0.3 is 0 Å². The molecule has 3 aromatic heterocycles. The van der Waals surface area contributed by atoms with E-state index in [4.69, 9.17) is 10.5 Å². The topological polar surface area (TPSA) is 85.7 Å². The van der Waals surface area contributed by atoms with E-state index >= 15 is 0 Å². The normalized spacial score (nSPS) is 11.8. The summed E-state index contributed by atoms with van der Waals surface area (Å²) in [5.41, 5.74) is 7.62. The molecule has 0 aliphatic heterocycles. The Morgan fingerprint density at radius 3 is 2.73 bits per heavy atom. The molecule has 3 rings (SSSR count). The van der Waals surface area contributed by atoms with E-state index < -0.39 is 5.60 Å². The zero-order valence-corrected chi connectivity index (χ0v) is 12.7. The molecule has 114 valence electrons. The highest BCUT2D eigenvalue weighted by Gasteiger charge is 2.23. The van der Waals surface area contributed by atoms with Gasteiger partial charge in [-0.05, 0) is 26.0 Å². The maximum Gasteiger partial charge on any atom is 0.140 e. The second kappa shape index (κ2) is 4.99. The summed E-state index contributed by atoms with van der Waals surface area (Å²) >= 11 is 0. The van der Waals surface area contributed by atoms with Gasteiger partial charge in [0.25, 0.3) is 0 Å². The van der Waals surface area contributed by atoms with Gasteiger partial charge < -0.3 is 15.6 Å². The van der Waals surface area contributed by atoms with Crippen LogP contribution in [0.2, 0.25) is 0 Å². The van der Waals surface area contributed by atoms with Gasteiger partial charge in [-0.2, -0.15) is 0 Å². The lowest BCUT2D eigenvalue weighted by Crippen LogP contribution is -2.17. The highest BCUT2D eigenvalue weighted by Crippen LogP contribution is 2.32. The number of nitrogens with zero attached hydrogens (tertiary/aromatic N) is 3. The average Bonchev–Trinajstić information content (AvgIpc) is 2.87. The summed E-state index contributed by atoms with van der Waals surface area (Å²) in [5.74, 6) is 1.04. The minimum atomic E-state index is -1.04. The summed E-state index contributed by atoms with van der Waals surface area (Å²) in [6.07, 6.45) is 3.55. The van der Waals surface area contributed by atoms with Crippen molar-refractivity contribution in [3.05, 3.63) is 42.2 Å². The van der Waals surface area contributed by atoms with Crippen molar-refractivity contribution in [1.82, 2.24) is 14.4 Å². The van der Waals surface area contributed by atoms with Crippen LogP contribution < -0.4 is 10.5 Å². The molecule has 6 heteroatoms. The number of ether oxygens (including phenoxy) is 1. The molecule has 0 unspecified atom stereocenters. The van der Waals surface area contributed by atoms with Gasteiger partial charge in [0.15, 0.2) is 0 Å². The van der Waals surface area contributed by atoms with Crippen LogP contribution in [0.3, 0.4) is 0 Å². The molecule has 0 radical (unpaired) electrons. The number of anilines is 1. The van der Waals surface area contributed by atoms with Crippen molar-refractivity contribution < 1.29 is 9.84 Å². The minimum absolute atomic E-state index is 0.448. The van der Waals surface area contributed by atoms with Crippen molar-refractivity contribution in [3.63, 3.8) is 0 Å². The van der Waals surface area contributed by atoms with Gasteiger partial charge in [0.2, 0.25) is 0 Å². The fourth-order valence-corrected chi connectivity index (χ4v) is 2.42. The average molecular weight is 298 g/mol. The molecule has 0 aromatic carbocycles. The molecule has 0 aliphatic rings. The summed E-state index contributed by atoms with van der Waals surface area (Å²) in [4.78, 5) is 8.70. The molecule has 3 aromatic rings. The molecule has 0 spiro atoms. The molecule has 0 atom stereocenters. The largest absolute Gasteiger partial charge is 0.496 e. The number of nitrogens with two attached hydrogens (primary N) is 1. The van der Waals surface area contributed by atoms with Crippen LogP contribution in [0.15, 0.2) is 36.7 Å². The number of nitrogen functional groups attached to an aromatic ring is 1. The third-order valence-corrected chi connectivity index (χ3v) is 3.52. The van der Waals surface area contributed by atoms with E-state index in [1.165, 1.54) is 0 Å². The summed E-state index contributed by atoms with van der Waals surface area (Å²) in [7, 11) is 1.57. The van der Waals surface area contributed by atoms with Crippen LogP contribution in [-0.4, -0.2) is 26.6 Å². The second-order valence-electron chi connectivity index (χ2n) is 5.63. The van der Waals surface area contributed by atoms with Crippen molar-refractivity contribution in [2.24, 2.45) is 0 Å². The standard InChI is InChI=1S/C16H18N4O2/c1-16(2,21)10-9-20-12(11-5-4-6-14(17)19-11)8-18-15(20)7-13(10)22-3/h4-9,21H,1-3H3,(H2,17,19). The lowest BCUT2D eigenvalue weighted by molar-refractivity contribution is 0.0752. The van der Waals surface area contributed by atoms with Gasteiger partial charge in [-0.3, -0.25) is 4.40 Å². The van der Waals surface area contributed by atoms with Crippen LogP contribution in [0.5, 0.6) is 5.75 Å². The highest BCUT2D eigenvalue weighted by atomic mass is 16.5.